The molecule has 0 saturated heterocycles. The molecule has 6 heteroatoms. The normalized spacial score (nSPS) is 10.6. The number of nitrogens with zero attached hydrogens (tertiary/aromatic N) is 1. The number of hydrogen-bond acceptors (Lipinski definition) is 5. The highest BCUT2D eigenvalue weighted by Crippen LogP contribution is 2.16. The molecule has 0 spiro atoms. The van der Waals surface area contributed by atoms with Gasteiger partial charge in [0.25, 0.3) is 0 Å². The fraction of sp³-hybridized carbons (Fsp3) is 0.0667. The number of carboxylic acids is 1. The van der Waals surface area contributed by atoms with E-state index in [1.54, 1.807) is 18.2 Å². The molecule has 0 amide bonds. The van der Waals surface area contributed by atoms with Gasteiger partial charge in [-0.1, -0.05) is 12.1 Å². The fourth-order valence-electron chi connectivity index (χ4n) is 1.63. The Labute approximate surface area is 120 Å². The zero-order valence-corrected chi connectivity index (χ0v) is 11.2. The molecule has 0 aliphatic heterocycles. The van der Waals surface area contributed by atoms with E-state index in [4.69, 9.17) is 4.74 Å². The summed E-state index contributed by atoms with van der Waals surface area (Å²) >= 11 is 0. The third-order valence-electron chi connectivity index (χ3n) is 2.70. The average molecular weight is 287 g/mol. The molecule has 21 heavy (non-hydrogen) atoms. The Morgan fingerprint density at radius 3 is 2.57 bits per heavy atom. The molecular formula is C15H12FN2O3-. The van der Waals surface area contributed by atoms with Crippen molar-refractivity contribution in [2.24, 2.45) is 5.10 Å². The SMILES string of the molecule is COc1ccc(/C=N\Nc2ccc(C(=O)[O-])cc2)cc1F. The van der Waals surface area contributed by atoms with Crippen molar-refractivity contribution >= 4 is 17.9 Å². The van der Waals surface area contributed by atoms with Gasteiger partial charge in [0.2, 0.25) is 0 Å². The molecule has 0 unspecified atom stereocenters. The van der Waals surface area contributed by atoms with Crippen LogP contribution >= 0.6 is 0 Å². The number of rotatable bonds is 5. The fourth-order valence-corrected chi connectivity index (χ4v) is 1.63. The Balaban J connectivity index is 2.01. The van der Waals surface area contributed by atoms with Crippen LogP contribution in [0.5, 0.6) is 5.75 Å². The summed E-state index contributed by atoms with van der Waals surface area (Å²) in [4.78, 5) is 10.6. The van der Waals surface area contributed by atoms with Crippen molar-refractivity contribution in [1.29, 1.82) is 0 Å². The van der Waals surface area contributed by atoms with Crippen LogP contribution in [-0.2, 0) is 0 Å². The molecule has 0 radical (unpaired) electrons. The minimum absolute atomic E-state index is 0.0850. The first kappa shape index (κ1) is 14.5. The topological polar surface area (TPSA) is 73.8 Å². The number of aromatic carboxylic acids is 1. The molecule has 0 aromatic heterocycles. The molecule has 0 fully saturated rings. The summed E-state index contributed by atoms with van der Waals surface area (Å²) in [7, 11) is 1.39. The van der Waals surface area contributed by atoms with Crippen LogP contribution in [0.4, 0.5) is 10.1 Å². The highest BCUT2D eigenvalue weighted by molar-refractivity contribution is 5.86. The Bertz CT molecular complexity index is 669. The number of hydrogen-bond donors (Lipinski definition) is 1. The van der Waals surface area contributed by atoms with Crippen molar-refractivity contribution in [3.05, 3.63) is 59.4 Å². The van der Waals surface area contributed by atoms with Crippen LogP contribution in [0, 0.1) is 5.82 Å². The number of hydrazone groups is 1. The number of nitrogens with one attached hydrogen (secondary N) is 1. The number of halogens is 1. The van der Waals surface area contributed by atoms with Gasteiger partial charge < -0.3 is 14.6 Å². The standard InChI is InChI=1S/C15H13FN2O3/c1-21-14-7-2-10(8-13(14)16)9-17-18-12-5-3-11(4-6-12)15(19)20/h2-9,18H,1H3,(H,19,20)/p-1/b17-9-. The van der Waals surface area contributed by atoms with E-state index < -0.39 is 11.8 Å². The van der Waals surface area contributed by atoms with E-state index in [1.165, 1.54) is 37.6 Å². The second-order valence-corrected chi connectivity index (χ2v) is 4.13. The highest BCUT2D eigenvalue weighted by Gasteiger charge is 2.01. The molecule has 2 aromatic carbocycles. The quantitative estimate of drug-likeness (QED) is 0.670. The van der Waals surface area contributed by atoms with Gasteiger partial charge >= 0.3 is 0 Å². The van der Waals surface area contributed by atoms with Crippen LogP contribution in [0.15, 0.2) is 47.6 Å². The van der Waals surface area contributed by atoms with Gasteiger partial charge in [0.05, 0.1) is 25.0 Å². The summed E-state index contributed by atoms with van der Waals surface area (Å²) in [6.45, 7) is 0. The van der Waals surface area contributed by atoms with Crippen molar-refractivity contribution in [2.75, 3.05) is 12.5 Å². The molecule has 0 atom stereocenters. The number of carboxylic acid groups (broad SMARTS) is 1. The molecule has 0 heterocycles. The zero-order chi connectivity index (χ0) is 15.2. The van der Waals surface area contributed by atoms with Gasteiger partial charge in [0.15, 0.2) is 11.6 Å². The average Bonchev–Trinajstić information content (AvgIpc) is 2.48. The number of anilines is 1. The molecule has 2 aromatic rings. The number of carbonyl (C=O) groups is 1. The number of methoxy groups -OCH3 is 1. The summed E-state index contributed by atoms with van der Waals surface area (Å²) in [5.41, 5.74) is 3.96. The van der Waals surface area contributed by atoms with Gasteiger partial charge in [0.1, 0.15) is 0 Å². The molecule has 1 N–H and O–H groups in total. The van der Waals surface area contributed by atoms with Crippen molar-refractivity contribution < 1.29 is 19.0 Å². The predicted molar refractivity (Wildman–Crippen MR) is 74.9 cm³/mol. The molecule has 0 bridgehead atoms. The monoisotopic (exact) mass is 287 g/mol. The van der Waals surface area contributed by atoms with Gasteiger partial charge in [-0.05, 0) is 41.5 Å². The summed E-state index contributed by atoms with van der Waals surface area (Å²) < 4.78 is 18.3. The minimum atomic E-state index is -1.24. The van der Waals surface area contributed by atoms with E-state index in [1.807, 2.05) is 0 Å². The second-order valence-electron chi connectivity index (χ2n) is 4.13. The third kappa shape index (κ3) is 3.79. The maximum absolute atomic E-state index is 13.5. The van der Waals surface area contributed by atoms with Gasteiger partial charge in [-0.15, -0.1) is 0 Å². The first-order valence-corrected chi connectivity index (χ1v) is 6.04. The van der Waals surface area contributed by atoms with E-state index in [-0.39, 0.29) is 11.3 Å². The lowest BCUT2D eigenvalue weighted by Gasteiger charge is -2.04. The second kappa shape index (κ2) is 6.51. The van der Waals surface area contributed by atoms with Crippen LogP contribution in [0.3, 0.4) is 0 Å². The number of carbonyl (C=O) groups excluding carboxylic acids is 1. The zero-order valence-electron chi connectivity index (χ0n) is 11.2. The van der Waals surface area contributed by atoms with Gasteiger partial charge in [-0.3, -0.25) is 5.43 Å². The van der Waals surface area contributed by atoms with Crippen LogP contribution in [0.25, 0.3) is 0 Å². The van der Waals surface area contributed by atoms with E-state index in [2.05, 4.69) is 10.5 Å². The van der Waals surface area contributed by atoms with E-state index in [9.17, 15) is 14.3 Å². The summed E-state index contributed by atoms with van der Waals surface area (Å²) in [6, 6.07) is 10.4. The largest absolute Gasteiger partial charge is 0.545 e. The molecule has 0 aliphatic carbocycles. The van der Waals surface area contributed by atoms with Crippen molar-refractivity contribution in [2.45, 2.75) is 0 Å². The van der Waals surface area contributed by atoms with E-state index >= 15 is 0 Å². The van der Waals surface area contributed by atoms with Crippen LogP contribution in [0.1, 0.15) is 15.9 Å². The van der Waals surface area contributed by atoms with Crippen LogP contribution in [-0.4, -0.2) is 19.3 Å². The van der Waals surface area contributed by atoms with Crippen molar-refractivity contribution in [3.8, 4) is 5.75 Å². The van der Waals surface area contributed by atoms with Crippen molar-refractivity contribution in [3.63, 3.8) is 0 Å². The Morgan fingerprint density at radius 2 is 2.00 bits per heavy atom. The third-order valence-corrected chi connectivity index (χ3v) is 2.70. The maximum atomic E-state index is 13.5. The lowest BCUT2D eigenvalue weighted by molar-refractivity contribution is -0.255. The lowest BCUT2D eigenvalue weighted by atomic mass is 10.2. The predicted octanol–water partition coefficient (Wildman–Crippen LogP) is 1.64. The minimum Gasteiger partial charge on any atom is -0.545 e. The summed E-state index contributed by atoms with van der Waals surface area (Å²) in [6.07, 6.45) is 1.44. The Kier molecular flexibility index (Phi) is 4.50. The molecule has 0 aliphatic rings. The van der Waals surface area contributed by atoms with Crippen LogP contribution in [0.2, 0.25) is 0 Å². The van der Waals surface area contributed by atoms with Crippen molar-refractivity contribution in [1.82, 2.24) is 0 Å². The first-order chi connectivity index (χ1) is 10.1. The van der Waals surface area contributed by atoms with Gasteiger partial charge in [0, 0.05) is 0 Å². The first-order valence-electron chi connectivity index (χ1n) is 6.04. The van der Waals surface area contributed by atoms with Gasteiger partial charge in [-0.2, -0.15) is 5.10 Å². The maximum Gasteiger partial charge on any atom is 0.165 e. The van der Waals surface area contributed by atoms with Crippen LogP contribution < -0.4 is 15.3 Å². The van der Waals surface area contributed by atoms with E-state index in [0.29, 0.717) is 11.3 Å². The number of benzene rings is 2. The number of ether oxygens (including phenoxy) is 1. The smallest absolute Gasteiger partial charge is 0.165 e. The lowest BCUT2D eigenvalue weighted by Crippen LogP contribution is -2.21. The highest BCUT2D eigenvalue weighted by atomic mass is 19.1. The molecular weight excluding hydrogens is 275 g/mol. The molecule has 2 rings (SSSR count). The van der Waals surface area contributed by atoms with E-state index in [0.717, 1.165) is 0 Å². The molecule has 108 valence electrons. The summed E-state index contributed by atoms with van der Waals surface area (Å²) in [5, 5.41) is 14.5. The summed E-state index contributed by atoms with van der Waals surface area (Å²) in [5.74, 6) is -1.54. The van der Waals surface area contributed by atoms with Gasteiger partial charge in [-0.25, -0.2) is 4.39 Å². The Morgan fingerprint density at radius 1 is 1.29 bits per heavy atom. The molecule has 5 nitrogen and oxygen atoms in total. The Hall–Kier alpha value is -2.89. The molecule has 0 saturated carbocycles.